The number of halogens is 2. The molecule has 0 bridgehead atoms. The van der Waals surface area contributed by atoms with Crippen LogP contribution in [0.5, 0.6) is 0 Å². The van der Waals surface area contributed by atoms with Crippen LogP contribution in [0.2, 0.25) is 10.0 Å². The van der Waals surface area contributed by atoms with Crippen molar-refractivity contribution in [3.05, 3.63) is 33.8 Å². The molecule has 1 aromatic carbocycles. The van der Waals surface area contributed by atoms with Gasteiger partial charge in [0, 0.05) is 16.1 Å². The predicted octanol–water partition coefficient (Wildman–Crippen LogP) is 3.60. The highest BCUT2D eigenvalue weighted by atomic mass is 35.5. The van der Waals surface area contributed by atoms with Gasteiger partial charge in [0.25, 0.3) is 5.91 Å². The van der Waals surface area contributed by atoms with E-state index in [1.807, 2.05) is 0 Å². The Hall–Kier alpha value is -1.26. The first kappa shape index (κ1) is 16.1. The molecule has 0 atom stereocenters. The largest absolute Gasteiger partial charge is 0.452 e. The number of carbonyl (C=O) groups is 2. The van der Waals surface area contributed by atoms with Crippen molar-refractivity contribution in [3.8, 4) is 0 Å². The third kappa shape index (κ3) is 5.21. The standard InChI is InChI=1S/C15H17Cl2NO3/c16-11-6-10(7-12(17)8-11)15(20)21-9-14(19)18-13-4-2-1-3-5-13/h6-8,13H,1-5,9H2,(H,18,19). The van der Waals surface area contributed by atoms with E-state index in [2.05, 4.69) is 5.32 Å². The number of carbonyl (C=O) groups excluding carboxylic acids is 2. The van der Waals surface area contributed by atoms with Crippen LogP contribution in [0.25, 0.3) is 0 Å². The summed E-state index contributed by atoms with van der Waals surface area (Å²) in [6.07, 6.45) is 5.46. The Morgan fingerprint density at radius 3 is 2.33 bits per heavy atom. The second-order valence-corrected chi connectivity index (χ2v) is 6.01. The third-order valence-corrected chi connectivity index (χ3v) is 3.84. The summed E-state index contributed by atoms with van der Waals surface area (Å²) in [5.74, 6) is -0.887. The minimum atomic E-state index is -0.613. The SMILES string of the molecule is O=C(COC(=O)c1cc(Cl)cc(Cl)c1)NC1CCCCC1. The lowest BCUT2D eigenvalue weighted by Crippen LogP contribution is -2.38. The van der Waals surface area contributed by atoms with Crippen LogP contribution in [-0.4, -0.2) is 24.5 Å². The van der Waals surface area contributed by atoms with Crippen molar-refractivity contribution in [2.45, 2.75) is 38.1 Å². The molecule has 0 spiro atoms. The minimum Gasteiger partial charge on any atom is -0.452 e. The van der Waals surface area contributed by atoms with Crippen molar-refractivity contribution in [1.29, 1.82) is 0 Å². The molecule has 1 fully saturated rings. The molecule has 1 aliphatic carbocycles. The molecular weight excluding hydrogens is 313 g/mol. The van der Waals surface area contributed by atoms with Crippen molar-refractivity contribution < 1.29 is 14.3 Å². The van der Waals surface area contributed by atoms with Crippen molar-refractivity contribution in [2.75, 3.05) is 6.61 Å². The molecule has 0 heterocycles. The number of amides is 1. The van der Waals surface area contributed by atoms with Gasteiger partial charge < -0.3 is 10.1 Å². The topological polar surface area (TPSA) is 55.4 Å². The van der Waals surface area contributed by atoms with Gasteiger partial charge in [0.15, 0.2) is 6.61 Å². The second-order valence-electron chi connectivity index (χ2n) is 5.14. The molecule has 1 saturated carbocycles. The summed E-state index contributed by atoms with van der Waals surface area (Å²) in [7, 11) is 0. The molecule has 0 aliphatic heterocycles. The van der Waals surface area contributed by atoms with Crippen LogP contribution in [0.1, 0.15) is 42.5 Å². The van der Waals surface area contributed by atoms with Crippen molar-refractivity contribution in [1.82, 2.24) is 5.32 Å². The number of esters is 1. The zero-order valence-electron chi connectivity index (χ0n) is 11.5. The van der Waals surface area contributed by atoms with Gasteiger partial charge in [-0.2, -0.15) is 0 Å². The maximum absolute atomic E-state index is 11.8. The van der Waals surface area contributed by atoms with Crippen LogP contribution < -0.4 is 5.32 Å². The van der Waals surface area contributed by atoms with E-state index in [0.29, 0.717) is 10.0 Å². The van der Waals surface area contributed by atoms with E-state index in [1.54, 1.807) is 0 Å². The first-order chi connectivity index (χ1) is 10.0. The summed E-state index contributed by atoms with van der Waals surface area (Å²) in [6.45, 7) is -0.292. The molecule has 6 heteroatoms. The van der Waals surface area contributed by atoms with E-state index in [0.717, 1.165) is 25.7 Å². The van der Waals surface area contributed by atoms with Gasteiger partial charge in [0.05, 0.1) is 5.56 Å². The molecule has 21 heavy (non-hydrogen) atoms. The fourth-order valence-corrected chi connectivity index (χ4v) is 2.93. The second kappa shape index (κ2) is 7.66. The number of rotatable bonds is 4. The molecule has 0 saturated heterocycles. The zero-order valence-corrected chi connectivity index (χ0v) is 13.0. The number of ether oxygens (including phenoxy) is 1. The smallest absolute Gasteiger partial charge is 0.338 e. The zero-order chi connectivity index (χ0) is 15.2. The number of nitrogens with one attached hydrogen (secondary N) is 1. The van der Waals surface area contributed by atoms with Crippen LogP contribution in [0.15, 0.2) is 18.2 Å². The first-order valence-electron chi connectivity index (χ1n) is 6.97. The molecule has 1 aliphatic rings. The van der Waals surface area contributed by atoms with Crippen LogP contribution in [-0.2, 0) is 9.53 Å². The average Bonchev–Trinajstić information content (AvgIpc) is 2.45. The fraction of sp³-hybridized carbons (Fsp3) is 0.467. The highest BCUT2D eigenvalue weighted by Crippen LogP contribution is 2.20. The maximum Gasteiger partial charge on any atom is 0.338 e. The van der Waals surface area contributed by atoms with Crippen molar-refractivity contribution >= 4 is 35.1 Å². The summed E-state index contributed by atoms with van der Waals surface area (Å²) in [5, 5.41) is 3.58. The van der Waals surface area contributed by atoms with E-state index in [-0.39, 0.29) is 24.1 Å². The number of benzene rings is 1. The van der Waals surface area contributed by atoms with E-state index >= 15 is 0 Å². The monoisotopic (exact) mass is 329 g/mol. The molecule has 1 amide bonds. The summed E-state index contributed by atoms with van der Waals surface area (Å²) in [4.78, 5) is 23.6. The van der Waals surface area contributed by atoms with E-state index < -0.39 is 5.97 Å². The maximum atomic E-state index is 11.8. The number of hydrogen-bond acceptors (Lipinski definition) is 3. The Morgan fingerprint density at radius 2 is 1.71 bits per heavy atom. The minimum absolute atomic E-state index is 0.200. The highest BCUT2D eigenvalue weighted by Gasteiger charge is 2.17. The van der Waals surface area contributed by atoms with E-state index in [1.165, 1.54) is 24.6 Å². The Bertz CT molecular complexity index is 507. The van der Waals surface area contributed by atoms with Gasteiger partial charge in [-0.1, -0.05) is 42.5 Å². The molecule has 0 radical (unpaired) electrons. The van der Waals surface area contributed by atoms with Crippen LogP contribution >= 0.6 is 23.2 Å². The van der Waals surface area contributed by atoms with Crippen LogP contribution in [0.3, 0.4) is 0 Å². The van der Waals surface area contributed by atoms with Crippen LogP contribution in [0, 0.1) is 0 Å². The molecule has 4 nitrogen and oxygen atoms in total. The Balaban J connectivity index is 1.81. The molecule has 1 N–H and O–H groups in total. The summed E-state index contributed by atoms with van der Waals surface area (Å²) < 4.78 is 4.97. The summed E-state index contributed by atoms with van der Waals surface area (Å²) in [5.41, 5.74) is 0.234. The molecule has 0 aromatic heterocycles. The van der Waals surface area contributed by atoms with Gasteiger partial charge >= 0.3 is 5.97 Å². The first-order valence-corrected chi connectivity index (χ1v) is 7.73. The highest BCUT2D eigenvalue weighted by molar-refractivity contribution is 6.35. The lowest BCUT2D eigenvalue weighted by molar-refractivity contribution is -0.125. The van der Waals surface area contributed by atoms with Crippen LogP contribution in [0.4, 0.5) is 0 Å². The average molecular weight is 330 g/mol. The van der Waals surface area contributed by atoms with E-state index in [4.69, 9.17) is 27.9 Å². The normalized spacial score (nSPS) is 15.5. The van der Waals surface area contributed by atoms with E-state index in [9.17, 15) is 9.59 Å². The lowest BCUT2D eigenvalue weighted by atomic mass is 9.95. The summed E-state index contributed by atoms with van der Waals surface area (Å²) >= 11 is 11.6. The van der Waals surface area contributed by atoms with Crippen molar-refractivity contribution in [2.24, 2.45) is 0 Å². The fourth-order valence-electron chi connectivity index (χ4n) is 2.40. The molecule has 114 valence electrons. The Morgan fingerprint density at radius 1 is 1.10 bits per heavy atom. The van der Waals surface area contributed by atoms with Gasteiger partial charge in [0.2, 0.25) is 0 Å². The predicted molar refractivity (Wildman–Crippen MR) is 81.8 cm³/mol. The third-order valence-electron chi connectivity index (χ3n) is 3.40. The molecule has 1 aromatic rings. The summed E-state index contributed by atoms with van der Waals surface area (Å²) in [6, 6.07) is 4.63. The van der Waals surface area contributed by atoms with Gasteiger partial charge in [-0.05, 0) is 31.0 Å². The Labute approximate surface area is 133 Å². The molecule has 0 unspecified atom stereocenters. The molecule has 2 rings (SSSR count). The van der Waals surface area contributed by atoms with Gasteiger partial charge in [0.1, 0.15) is 0 Å². The van der Waals surface area contributed by atoms with Gasteiger partial charge in [-0.25, -0.2) is 4.79 Å². The quantitative estimate of drug-likeness (QED) is 0.858. The lowest BCUT2D eigenvalue weighted by Gasteiger charge is -2.22. The van der Waals surface area contributed by atoms with Gasteiger partial charge in [-0.15, -0.1) is 0 Å². The number of hydrogen-bond donors (Lipinski definition) is 1. The van der Waals surface area contributed by atoms with Crippen molar-refractivity contribution in [3.63, 3.8) is 0 Å². The Kier molecular flexibility index (Phi) is 5.88. The molecular formula is C15H17Cl2NO3. The van der Waals surface area contributed by atoms with Gasteiger partial charge in [-0.3, -0.25) is 4.79 Å².